The van der Waals surface area contributed by atoms with E-state index in [1.165, 1.54) is 0 Å². The van der Waals surface area contributed by atoms with Crippen molar-refractivity contribution in [3.05, 3.63) is 0 Å². The molecule has 1 aliphatic rings. The number of rotatable bonds is 3. The highest BCUT2D eigenvalue weighted by Gasteiger charge is 2.44. The third-order valence-electron chi connectivity index (χ3n) is 2.78. The van der Waals surface area contributed by atoms with E-state index in [2.05, 4.69) is 0 Å². The quantitative estimate of drug-likeness (QED) is 0.706. The van der Waals surface area contributed by atoms with Gasteiger partial charge in [-0.15, -0.1) is 0 Å². The molecule has 5 heteroatoms. The molecule has 14 heavy (non-hydrogen) atoms. The molecule has 0 bridgehead atoms. The molecule has 0 aromatic rings. The Morgan fingerprint density at radius 1 is 1.36 bits per heavy atom. The third kappa shape index (κ3) is 2.89. The van der Waals surface area contributed by atoms with E-state index in [-0.39, 0.29) is 0 Å². The first kappa shape index (κ1) is 11.3. The summed E-state index contributed by atoms with van der Waals surface area (Å²) in [5.41, 5.74) is 0. The number of halogens is 3. The molecule has 1 aliphatic carbocycles. The Morgan fingerprint density at radius 3 is 2.21 bits per heavy atom. The molecule has 1 unspecified atom stereocenters. The fraction of sp³-hybridized carbons (Fsp3) is 0.889. The smallest absolute Gasteiger partial charge is 0.392 e. The molecule has 0 spiro atoms. The lowest BCUT2D eigenvalue weighted by atomic mass is 9.87. The molecule has 1 fully saturated rings. The van der Waals surface area contributed by atoms with Crippen molar-refractivity contribution in [1.29, 1.82) is 0 Å². The minimum Gasteiger partial charge on any atom is -0.550 e. The van der Waals surface area contributed by atoms with Gasteiger partial charge in [-0.05, 0) is 25.2 Å². The number of carbonyl (C=O) groups excluding carboxylic acids is 1. The molecule has 82 valence electrons. The van der Waals surface area contributed by atoms with E-state index < -0.39 is 30.4 Å². The van der Waals surface area contributed by atoms with Crippen LogP contribution in [0, 0.1) is 11.8 Å². The van der Waals surface area contributed by atoms with E-state index in [4.69, 9.17) is 0 Å². The normalized spacial score (nSPS) is 21.1. The SMILES string of the molecule is O=C([O-])CC(C1CCCC1)C(F)(F)F. The number of carboxylic acid groups (broad SMARTS) is 1. The van der Waals surface area contributed by atoms with Crippen LogP contribution in [0.3, 0.4) is 0 Å². The van der Waals surface area contributed by atoms with Gasteiger partial charge in [0.1, 0.15) is 0 Å². The van der Waals surface area contributed by atoms with Gasteiger partial charge in [0.05, 0.1) is 5.92 Å². The van der Waals surface area contributed by atoms with E-state index in [1.54, 1.807) is 0 Å². The maximum absolute atomic E-state index is 12.4. The van der Waals surface area contributed by atoms with Crippen molar-refractivity contribution >= 4 is 5.97 Å². The summed E-state index contributed by atoms with van der Waals surface area (Å²) in [5, 5.41) is 10.2. The van der Waals surface area contributed by atoms with Gasteiger partial charge in [-0.2, -0.15) is 13.2 Å². The molecular weight excluding hydrogens is 197 g/mol. The highest BCUT2D eigenvalue weighted by Crippen LogP contribution is 2.42. The minimum atomic E-state index is -4.41. The zero-order valence-corrected chi connectivity index (χ0v) is 7.64. The van der Waals surface area contributed by atoms with Gasteiger partial charge in [-0.3, -0.25) is 0 Å². The van der Waals surface area contributed by atoms with Crippen molar-refractivity contribution in [3.8, 4) is 0 Å². The lowest BCUT2D eigenvalue weighted by Gasteiger charge is -2.26. The Labute approximate surface area is 80.1 Å². The second-order valence-corrected chi connectivity index (χ2v) is 3.77. The maximum atomic E-state index is 12.4. The van der Waals surface area contributed by atoms with Gasteiger partial charge in [0, 0.05) is 5.97 Å². The van der Waals surface area contributed by atoms with E-state index in [1.807, 2.05) is 0 Å². The highest BCUT2D eigenvalue weighted by molar-refractivity contribution is 5.64. The lowest BCUT2D eigenvalue weighted by Crippen LogP contribution is -2.35. The molecule has 0 aromatic heterocycles. The number of carboxylic acids is 1. The van der Waals surface area contributed by atoms with Crippen LogP contribution in [-0.2, 0) is 4.79 Å². The fourth-order valence-corrected chi connectivity index (χ4v) is 2.09. The van der Waals surface area contributed by atoms with E-state index in [0.717, 1.165) is 12.8 Å². The Morgan fingerprint density at radius 2 is 1.86 bits per heavy atom. The van der Waals surface area contributed by atoms with Gasteiger partial charge in [0.2, 0.25) is 0 Å². The van der Waals surface area contributed by atoms with Crippen LogP contribution >= 0.6 is 0 Å². The number of aliphatic carboxylic acids is 1. The zero-order valence-electron chi connectivity index (χ0n) is 7.64. The van der Waals surface area contributed by atoms with Crippen molar-refractivity contribution < 1.29 is 23.1 Å². The number of hydrogen-bond donors (Lipinski definition) is 0. The van der Waals surface area contributed by atoms with Crippen LogP contribution in [0.2, 0.25) is 0 Å². The first-order valence-electron chi connectivity index (χ1n) is 4.68. The summed E-state index contributed by atoms with van der Waals surface area (Å²) in [7, 11) is 0. The molecule has 1 saturated carbocycles. The van der Waals surface area contributed by atoms with Crippen LogP contribution in [0.4, 0.5) is 13.2 Å². The summed E-state index contributed by atoms with van der Waals surface area (Å²) < 4.78 is 37.3. The van der Waals surface area contributed by atoms with Gasteiger partial charge in [-0.1, -0.05) is 12.8 Å². The number of carbonyl (C=O) groups is 1. The first-order valence-corrected chi connectivity index (χ1v) is 4.68. The predicted molar refractivity (Wildman–Crippen MR) is 41.1 cm³/mol. The first-order chi connectivity index (χ1) is 6.41. The third-order valence-corrected chi connectivity index (χ3v) is 2.78. The summed E-state index contributed by atoms with van der Waals surface area (Å²) in [6.45, 7) is 0. The van der Waals surface area contributed by atoms with Crippen LogP contribution in [-0.4, -0.2) is 12.1 Å². The van der Waals surface area contributed by atoms with Gasteiger partial charge in [0.25, 0.3) is 0 Å². The van der Waals surface area contributed by atoms with Gasteiger partial charge < -0.3 is 9.90 Å². The van der Waals surface area contributed by atoms with Crippen LogP contribution in [0.15, 0.2) is 0 Å². The van der Waals surface area contributed by atoms with Crippen molar-refractivity contribution in [2.45, 2.75) is 38.3 Å². The molecule has 1 rings (SSSR count). The van der Waals surface area contributed by atoms with Crippen LogP contribution in [0.1, 0.15) is 32.1 Å². The summed E-state index contributed by atoms with van der Waals surface area (Å²) >= 11 is 0. The molecular formula is C9H12F3O2-. The second-order valence-electron chi connectivity index (χ2n) is 3.77. The van der Waals surface area contributed by atoms with E-state index in [0.29, 0.717) is 12.8 Å². The van der Waals surface area contributed by atoms with Crippen LogP contribution < -0.4 is 5.11 Å². The van der Waals surface area contributed by atoms with E-state index >= 15 is 0 Å². The summed E-state index contributed by atoms with van der Waals surface area (Å²) in [6.07, 6.45) is -2.80. The molecule has 0 aliphatic heterocycles. The summed E-state index contributed by atoms with van der Waals surface area (Å²) in [4.78, 5) is 10.2. The van der Waals surface area contributed by atoms with Crippen LogP contribution in [0.5, 0.6) is 0 Å². The molecule has 0 aromatic carbocycles. The van der Waals surface area contributed by atoms with Crippen LogP contribution in [0.25, 0.3) is 0 Å². The summed E-state index contributed by atoms with van der Waals surface area (Å²) in [6, 6.07) is 0. The molecule has 0 radical (unpaired) electrons. The summed E-state index contributed by atoms with van der Waals surface area (Å²) in [5.74, 6) is -3.85. The number of hydrogen-bond acceptors (Lipinski definition) is 2. The molecule has 2 nitrogen and oxygen atoms in total. The van der Waals surface area contributed by atoms with Crippen molar-refractivity contribution in [3.63, 3.8) is 0 Å². The van der Waals surface area contributed by atoms with E-state index in [9.17, 15) is 23.1 Å². The Hall–Kier alpha value is -0.740. The Balaban J connectivity index is 2.65. The maximum Gasteiger partial charge on any atom is 0.392 e. The lowest BCUT2D eigenvalue weighted by molar-refractivity contribution is -0.311. The Kier molecular flexibility index (Phi) is 3.39. The van der Waals surface area contributed by atoms with Gasteiger partial charge >= 0.3 is 6.18 Å². The Bertz CT molecular complexity index is 207. The molecule has 0 heterocycles. The molecule has 0 N–H and O–H groups in total. The highest BCUT2D eigenvalue weighted by atomic mass is 19.4. The number of alkyl halides is 3. The molecule has 0 amide bonds. The fourth-order valence-electron chi connectivity index (χ4n) is 2.09. The average Bonchev–Trinajstić information content (AvgIpc) is 2.49. The molecule has 0 saturated heterocycles. The van der Waals surface area contributed by atoms with Gasteiger partial charge in [0.15, 0.2) is 0 Å². The largest absolute Gasteiger partial charge is 0.550 e. The topological polar surface area (TPSA) is 40.1 Å². The van der Waals surface area contributed by atoms with Crippen molar-refractivity contribution in [2.24, 2.45) is 11.8 Å². The standard InChI is InChI=1S/C9H13F3O2/c10-9(11,12)7(5-8(13)14)6-3-1-2-4-6/h6-7H,1-5H2,(H,13,14)/p-1. The van der Waals surface area contributed by atoms with Crippen molar-refractivity contribution in [2.75, 3.05) is 0 Å². The minimum absolute atomic E-state index is 0.484. The van der Waals surface area contributed by atoms with Gasteiger partial charge in [-0.25, -0.2) is 0 Å². The predicted octanol–water partition coefficient (Wildman–Crippen LogP) is 1.50. The molecule has 1 atom stereocenters. The zero-order chi connectivity index (χ0) is 10.8. The van der Waals surface area contributed by atoms with Crippen molar-refractivity contribution in [1.82, 2.24) is 0 Å². The average molecular weight is 209 g/mol. The monoisotopic (exact) mass is 209 g/mol. The second kappa shape index (κ2) is 4.19.